The monoisotopic (exact) mass is 248 g/mol. The molecule has 2 aromatic heterocycles. The van der Waals surface area contributed by atoms with Crippen molar-refractivity contribution in [3.8, 4) is 0 Å². The van der Waals surface area contributed by atoms with Gasteiger partial charge < -0.3 is 0 Å². The van der Waals surface area contributed by atoms with Gasteiger partial charge >= 0.3 is 0 Å². The van der Waals surface area contributed by atoms with Gasteiger partial charge in [-0.25, -0.2) is 4.68 Å². The summed E-state index contributed by atoms with van der Waals surface area (Å²) in [6.07, 6.45) is 0. The van der Waals surface area contributed by atoms with Crippen molar-refractivity contribution in [1.82, 2.24) is 9.78 Å². The Morgan fingerprint density at radius 1 is 1.29 bits per heavy atom. The highest BCUT2D eigenvalue weighted by Crippen LogP contribution is 2.15. The predicted molar refractivity (Wildman–Crippen MR) is 66.6 cm³/mol. The molecule has 0 N–H and O–H groups in total. The number of rotatable bonds is 3. The lowest BCUT2D eigenvalue weighted by Crippen LogP contribution is -2.26. The van der Waals surface area contributed by atoms with Crippen molar-refractivity contribution in [2.75, 3.05) is 0 Å². The molecule has 0 aliphatic heterocycles. The Morgan fingerprint density at radius 3 is 2.71 bits per heavy atom. The number of Topliss-reactive ketones (excluding diaryl/α,β-unsaturated/α-hetero) is 1. The minimum absolute atomic E-state index is 0.000463. The summed E-state index contributed by atoms with van der Waals surface area (Å²) in [4.78, 5) is 25.1. The van der Waals surface area contributed by atoms with Gasteiger partial charge in [0.2, 0.25) is 0 Å². The van der Waals surface area contributed by atoms with Crippen LogP contribution in [0.1, 0.15) is 20.2 Å². The predicted octanol–water partition coefficient (Wildman–Crippen LogP) is 1.80. The normalized spacial score (nSPS) is 10.5. The van der Waals surface area contributed by atoms with Crippen molar-refractivity contribution < 1.29 is 4.79 Å². The first kappa shape index (κ1) is 11.7. The molecule has 2 heterocycles. The number of thiophene rings is 1. The third-order valence-corrected chi connectivity index (χ3v) is 3.35. The third-order valence-electron chi connectivity index (χ3n) is 2.31. The molecule has 0 fully saturated rings. The zero-order valence-electron chi connectivity index (χ0n) is 9.64. The van der Waals surface area contributed by atoms with Gasteiger partial charge in [-0.2, -0.15) is 5.10 Å². The topological polar surface area (TPSA) is 52.0 Å². The number of hydrogen-bond acceptors (Lipinski definition) is 4. The second kappa shape index (κ2) is 4.63. The molecule has 4 nitrogen and oxygen atoms in total. The summed E-state index contributed by atoms with van der Waals surface area (Å²) in [5.41, 5.74) is 0.469. The van der Waals surface area contributed by atoms with E-state index >= 15 is 0 Å². The van der Waals surface area contributed by atoms with Gasteiger partial charge in [-0.05, 0) is 32.0 Å². The van der Waals surface area contributed by atoms with Crippen LogP contribution in [-0.4, -0.2) is 15.6 Å². The first-order chi connectivity index (χ1) is 8.06. The highest BCUT2D eigenvalue weighted by Gasteiger charge is 2.10. The van der Waals surface area contributed by atoms with Gasteiger partial charge in [0.25, 0.3) is 5.56 Å². The Morgan fingerprint density at radius 2 is 2.06 bits per heavy atom. The first-order valence-electron chi connectivity index (χ1n) is 5.20. The van der Waals surface area contributed by atoms with E-state index in [-0.39, 0.29) is 17.9 Å². The average Bonchev–Trinajstić information content (AvgIpc) is 2.70. The molecule has 5 heteroatoms. The molecule has 0 amide bonds. The second-order valence-electron chi connectivity index (χ2n) is 3.80. The molecule has 0 saturated carbocycles. The van der Waals surface area contributed by atoms with Crippen LogP contribution in [0.5, 0.6) is 0 Å². The minimum Gasteiger partial charge on any atom is -0.291 e. The van der Waals surface area contributed by atoms with E-state index in [0.29, 0.717) is 4.88 Å². The van der Waals surface area contributed by atoms with Crippen molar-refractivity contribution in [3.05, 3.63) is 50.1 Å². The van der Waals surface area contributed by atoms with Crippen molar-refractivity contribution in [1.29, 1.82) is 0 Å². The molecule has 0 spiro atoms. The van der Waals surface area contributed by atoms with Crippen LogP contribution in [-0.2, 0) is 6.54 Å². The second-order valence-corrected chi connectivity index (χ2v) is 5.09. The van der Waals surface area contributed by atoms with E-state index < -0.39 is 0 Å². The van der Waals surface area contributed by atoms with Gasteiger partial charge in [0, 0.05) is 10.9 Å². The molecule has 0 aliphatic rings. The molecule has 0 aromatic carbocycles. The van der Waals surface area contributed by atoms with Gasteiger partial charge in [-0.15, -0.1) is 11.3 Å². The molecular formula is C12H12N2O2S. The molecule has 0 atom stereocenters. The third kappa shape index (κ3) is 2.68. The SMILES string of the molecule is Cc1ccc(=O)n(CC(=O)c2ccc(C)s2)n1. The molecule has 0 radical (unpaired) electrons. The van der Waals surface area contributed by atoms with Crippen LogP contribution >= 0.6 is 11.3 Å². The maximum atomic E-state index is 11.9. The van der Waals surface area contributed by atoms with Crippen LogP contribution < -0.4 is 5.56 Å². The summed E-state index contributed by atoms with van der Waals surface area (Å²) in [7, 11) is 0. The van der Waals surface area contributed by atoms with Crippen LogP contribution in [0.3, 0.4) is 0 Å². The molecule has 0 unspecified atom stereocenters. The molecule has 2 rings (SSSR count). The summed E-state index contributed by atoms with van der Waals surface area (Å²) in [6, 6.07) is 6.74. The maximum absolute atomic E-state index is 11.9. The minimum atomic E-state index is -0.253. The number of aromatic nitrogens is 2. The standard InChI is InChI=1S/C12H12N2O2S/c1-8-3-6-12(16)14(13-8)7-10(15)11-5-4-9(2)17-11/h3-6H,7H2,1-2H3. The van der Waals surface area contributed by atoms with Crippen molar-refractivity contribution in [2.45, 2.75) is 20.4 Å². The zero-order valence-corrected chi connectivity index (χ0v) is 10.5. The van der Waals surface area contributed by atoms with E-state index in [4.69, 9.17) is 0 Å². The Hall–Kier alpha value is -1.75. The van der Waals surface area contributed by atoms with Gasteiger partial charge in [0.1, 0.15) is 6.54 Å². The molecule has 0 saturated heterocycles. The smallest absolute Gasteiger partial charge is 0.267 e. The van der Waals surface area contributed by atoms with Crippen LogP contribution in [0.15, 0.2) is 29.1 Å². The van der Waals surface area contributed by atoms with Crippen LogP contribution in [0.25, 0.3) is 0 Å². The Labute approximate surface area is 103 Å². The fourth-order valence-corrected chi connectivity index (χ4v) is 2.26. The van der Waals surface area contributed by atoms with E-state index in [0.717, 1.165) is 10.6 Å². The van der Waals surface area contributed by atoms with Gasteiger partial charge in [0.15, 0.2) is 5.78 Å². The quantitative estimate of drug-likeness (QED) is 0.778. The Balaban J connectivity index is 2.24. The fourth-order valence-electron chi connectivity index (χ4n) is 1.46. The number of ketones is 1. The van der Waals surface area contributed by atoms with Crippen molar-refractivity contribution >= 4 is 17.1 Å². The van der Waals surface area contributed by atoms with E-state index in [1.807, 2.05) is 13.0 Å². The Kier molecular flexibility index (Phi) is 3.19. The van der Waals surface area contributed by atoms with Gasteiger partial charge in [-0.3, -0.25) is 9.59 Å². The Bertz CT molecular complexity index is 613. The number of hydrogen-bond donors (Lipinski definition) is 0. The summed E-state index contributed by atoms with van der Waals surface area (Å²) in [5, 5.41) is 4.03. The number of aryl methyl sites for hydroxylation is 2. The van der Waals surface area contributed by atoms with Crippen molar-refractivity contribution in [3.63, 3.8) is 0 Å². The highest BCUT2D eigenvalue weighted by atomic mass is 32.1. The first-order valence-corrected chi connectivity index (χ1v) is 6.02. The zero-order chi connectivity index (χ0) is 12.4. The summed E-state index contributed by atoms with van der Waals surface area (Å²) in [6.45, 7) is 3.73. The van der Waals surface area contributed by atoms with Gasteiger partial charge in [0.05, 0.1) is 10.6 Å². The molecule has 17 heavy (non-hydrogen) atoms. The summed E-state index contributed by atoms with van der Waals surface area (Å²) in [5.74, 6) is -0.0803. The van der Waals surface area contributed by atoms with Crippen molar-refractivity contribution in [2.24, 2.45) is 0 Å². The fraction of sp³-hybridized carbons (Fsp3) is 0.250. The van der Waals surface area contributed by atoms with E-state index in [2.05, 4.69) is 5.10 Å². The molecule has 0 bridgehead atoms. The molecule has 88 valence electrons. The molecular weight excluding hydrogens is 236 g/mol. The number of carbonyl (C=O) groups is 1. The van der Waals surface area contributed by atoms with E-state index in [1.165, 1.54) is 22.1 Å². The van der Waals surface area contributed by atoms with E-state index in [9.17, 15) is 9.59 Å². The number of carbonyl (C=O) groups excluding carboxylic acids is 1. The summed E-state index contributed by atoms with van der Waals surface area (Å²) >= 11 is 1.43. The van der Waals surface area contributed by atoms with Crippen LogP contribution in [0.4, 0.5) is 0 Å². The largest absolute Gasteiger partial charge is 0.291 e. The summed E-state index contributed by atoms with van der Waals surface area (Å²) < 4.78 is 1.20. The van der Waals surface area contributed by atoms with Crippen LogP contribution in [0, 0.1) is 13.8 Å². The molecule has 0 aliphatic carbocycles. The van der Waals surface area contributed by atoms with Crippen LogP contribution in [0.2, 0.25) is 0 Å². The van der Waals surface area contributed by atoms with Gasteiger partial charge in [-0.1, -0.05) is 0 Å². The lowest BCUT2D eigenvalue weighted by Gasteiger charge is -2.02. The maximum Gasteiger partial charge on any atom is 0.267 e. The number of nitrogens with zero attached hydrogens (tertiary/aromatic N) is 2. The lowest BCUT2D eigenvalue weighted by atomic mass is 10.3. The average molecular weight is 248 g/mol. The highest BCUT2D eigenvalue weighted by molar-refractivity contribution is 7.14. The van der Waals surface area contributed by atoms with E-state index in [1.54, 1.807) is 19.1 Å². The molecule has 2 aromatic rings. The lowest BCUT2D eigenvalue weighted by molar-refractivity contribution is 0.0969.